The molecule has 0 amide bonds. The van der Waals surface area contributed by atoms with Crippen molar-refractivity contribution >= 4 is 0 Å². The van der Waals surface area contributed by atoms with Crippen LogP contribution in [0.2, 0.25) is 0 Å². The first-order valence-corrected chi connectivity index (χ1v) is 8.12. The third-order valence-corrected chi connectivity index (χ3v) is 4.47. The Kier molecular flexibility index (Phi) is 6.06. The Balaban J connectivity index is 2.07. The van der Waals surface area contributed by atoms with Gasteiger partial charge in [-0.25, -0.2) is 0 Å². The second-order valence-electron chi connectivity index (χ2n) is 6.59. The summed E-state index contributed by atoms with van der Waals surface area (Å²) in [5.74, 6) is 1.10. The monoisotopic (exact) mass is 275 g/mol. The number of aliphatic hydroxyl groups excluding tert-OH is 1. The molecule has 1 aromatic rings. The Morgan fingerprint density at radius 3 is 2.50 bits per heavy atom. The molecule has 3 unspecified atom stereocenters. The lowest BCUT2D eigenvalue weighted by Gasteiger charge is -2.35. The zero-order chi connectivity index (χ0) is 14.4. The first-order valence-electron chi connectivity index (χ1n) is 8.12. The number of aliphatic hydroxyl groups is 1. The fraction of sp³-hybridized carbons (Fsp3) is 0.667. The molecular weight excluding hydrogens is 246 g/mol. The second-order valence-corrected chi connectivity index (χ2v) is 6.59. The number of nitrogens with one attached hydrogen (secondary N) is 1. The van der Waals surface area contributed by atoms with Crippen LogP contribution in [0.4, 0.5) is 0 Å². The van der Waals surface area contributed by atoms with Gasteiger partial charge in [0.1, 0.15) is 0 Å². The van der Waals surface area contributed by atoms with Gasteiger partial charge in [0.2, 0.25) is 0 Å². The summed E-state index contributed by atoms with van der Waals surface area (Å²) in [5, 5.41) is 13.4. The minimum Gasteiger partial charge on any atom is -0.396 e. The number of rotatable bonds is 6. The molecule has 2 rings (SSSR count). The van der Waals surface area contributed by atoms with E-state index in [0.29, 0.717) is 30.5 Å². The van der Waals surface area contributed by atoms with Crippen LogP contribution in [0.5, 0.6) is 0 Å². The first-order chi connectivity index (χ1) is 9.70. The van der Waals surface area contributed by atoms with Gasteiger partial charge in [-0.1, -0.05) is 57.0 Å². The largest absolute Gasteiger partial charge is 0.396 e. The second kappa shape index (κ2) is 7.80. The summed E-state index contributed by atoms with van der Waals surface area (Å²) in [7, 11) is 0. The van der Waals surface area contributed by atoms with Crippen LogP contribution < -0.4 is 5.32 Å². The highest BCUT2D eigenvalue weighted by Gasteiger charge is 2.27. The zero-order valence-corrected chi connectivity index (χ0v) is 12.9. The highest BCUT2D eigenvalue weighted by Crippen LogP contribution is 2.29. The predicted molar refractivity (Wildman–Crippen MR) is 84.6 cm³/mol. The Morgan fingerprint density at radius 1 is 1.15 bits per heavy atom. The summed E-state index contributed by atoms with van der Waals surface area (Å²) in [6.07, 6.45) is 6.07. The highest BCUT2D eigenvalue weighted by molar-refractivity contribution is 5.19. The van der Waals surface area contributed by atoms with Crippen LogP contribution >= 0.6 is 0 Å². The van der Waals surface area contributed by atoms with Crippen molar-refractivity contribution in [1.29, 1.82) is 0 Å². The molecular formula is C18H29NO. The fourth-order valence-electron chi connectivity index (χ4n) is 3.36. The van der Waals surface area contributed by atoms with E-state index in [1.165, 1.54) is 24.8 Å². The molecule has 0 heterocycles. The smallest absolute Gasteiger partial charge is 0.0474 e. The van der Waals surface area contributed by atoms with Crippen LogP contribution in [-0.2, 0) is 0 Å². The standard InChI is InChI=1S/C18H29NO/c1-14(2)12-18(15-8-4-3-5-9-15)19-17-11-7-6-10-16(17)13-20/h3-5,8-9,14,16-20H,6-7,10-13H2,1-2H3. The van der Waals surface area contributed by atoms with E-state index in [-0.39, 0.29) is 0 Å². The van der Waals surface area contributed by atoms with Crippen molar-refractivity contribution in [1.82, 2.24) is 5.32 Å². The third-order valence-electron chi connectivity index (χ3n) is 4.47. The molecule has 20 heavy (non-hydrogen) atoms. The number of hydrogen-bond donors (Lipinski definition) is 2. The lowest BCUT2D eigenvalue weighted by atomic mass is 9.83. The molecule has 0 saturated heterocycles. The van der Waals surface area contributed by atoms with E-state index >= 15 is 0 Å². The van der Waals surface area contributed by atoms with Gasteiger partial charge >= 0.3 is 0 Å². The topological polar surface area (TPSA) is 32.3 Å². The minimum atomic E-state index is 0.320. The summed E-state index contributed by atoms with van der Waals surface area (Å²) in [6.45, 7) is 4.88. The Bertz CT molecular complexity index is 376. The van der Waals surface area contributed by atoms with Crippen molar-refractivity contribution in [2.45, 2.75) is 58.0 Å². The average Bonchev–Trinajstić information content (AvgIpc) is 2.47. The van der Waals surface area contributed by atoms with Gasteiger partial charge in [0.25, 0.3) is 0 Å². The predicted octanol–water partition coefficient (Wildman–Crippen LogP) is 3.91. The van der Waals surface area contributed by atoms with Crippen molar-refractivity contribution < 1.29 is 5.11 Å². The van der Waals surface area contributed by atoms with E-state index in [0.717, 1.165) is 12.8 Å². The van der Waals surface area contributed by atoms with Crippen LogP contribution in [0, 0.1) is 11.8 Å². The summed E-state index contributed by atoms with van der Waals surface area (Å²) in [4.78, 5) is 0. The fourth-order valence-corrected chi connectivity index (χ4v) is 3.36. The van der Waals surface area contributed by atoms with Gasteiger partial charge in [-0.2, -0.15) is 0 Å². The Hall–Kier alpha value is -0.860. The molecule has 1 fully saturated rings. The SMILES string of the molecule is CC(C)CC(NC1CCCCC1CO)c1ccccc1. The minimum absolute atomic E-state index is 0.320. The average molecular weight is 275 g/mol. The van der Waals surface area contributed by atoms with E-state index in [2.05, 4.69) is 49.5 Å². The summed E-state index contributed by atoms with van der Waals surface area (Å²) < 4.78 is 0. The van der Waals surface area contributed by atoms with E-state index in [1.54, 1.807) is 0 Å². The maximum Gasteiger partial charge on any atom is 0.0474 e. The summed E-state index contributed by atoms with van der Waals surface area (Å²) in [5.41, 5.74) is 1.38. The highest BCUT2D eigenvalue weighted by atomic mass is 16.3. The molecule has 0 radical (unpaired) electrons. The lowest BCUT2D eigenvalue weighted by Crippen LogP contribution is -2.42. The van der Waals surface area contributed by atoms with Crippen LogP contribution in [0.15, 0.2) is 30.3 Å². The first kappa shape index (κ1) is 15.5. The molecule has 1 aromatic carbocycles. The Morgan fingerprint density at radius 2 is 1.85 bits per heavy atom. The lowest BCUT2D eigenvalue weighted by molar-refractivity contribution is 0.143. The van der Waals surface area contributed by atoms with E-state index in [9.17, 15) is 5.11 Å². The van der Waals surface area contributed by atoms with Crippen molar-refractivity contribution in [3.8, 4) is 0 Å². The van der Waals surface area contributed by atoms with Crippen molar-refractivity contribution in [2.24, 2.45) is 11.8 Å². The molecule has 1 aliphatic rings. The van der Waals surface area contributed by atoms with Gasteiger partial charge in [-0.3, -0.25) is 0 Å². The van der Waals surface area contributed by atoms with Crippen LogP contribution in [0.25, 0.3) is 0 Å². The zero-order valence-electron chi connectivity index (χ0n) is 12.9. The molecule has 0 spiro atoms. The third kappa shape index (κ3) is 4.32. The van der Waals surface area contributed by atoms with Crippen LogP contribution in [-0.4, -0.2) is 17.8 Å². The molecule has 2 N–H and O–H groups in total. The molecule has 0 bridgehead atoms. The summed E-state index contributed by atoms with van der Waals surface area (Å²) >= 11 is 0. The number of benzene rings is 1. The molecule has 1 aliphatic carbocycles. The van der Waals surface area contributed by atoms with Gasteiger partial charge in [-0.15, -0.1) is 0 Å². The van der Waals surface area contributed by atoms with Crippen LogP contribution in [0.1, 0.15) is 57.6 Å². The molecule has 0 aliphatic heterocycles. The maximum absolute atomic E-state index is 9.59. The molecule has 2 heteroatoms. The quantitative estimate of drug-likeness (QED) is 0.825. The molecule has 112 valence electrons. The van der Waals surface area contributed by atoms with E-state index in [1.807, 2.05) is 0 Å². The van der Waals surface area contributed by atoms with Crippen molar-refractivity contribution in [3.05, 3.63) is 35.9 Å². The van der Waals surface area contributed by atoms with E-state index < -0.39 is 0 Å². The van der Waals surface area contributed by atoms with Gasteiger partial charge < -0.3 is 10.4 Å². The van der Waals surface area contributed by atoms with Crippen molar-refractivity contribution in [3.63, 3.8) is 0 Å². The Labute approximate surface area is 123 Å². The molecule has 1 saturated carbocycles. The molecule has 2 nitrogen and oxygen atoms in total. The van der Waals surface area contributed by atoms with Gasteiger partial charge in [0, 0.05) is 18.7 Å². The van der Waals surface area contributed by atoms with Crippen LogP contribution in [0.3, 0.4) is 0 Å². The summed E-state index contributed by atoms with van der Waals surface area (Å²) in [6, 6.07) is 11.6. The molecule has 3 atom stereocenters. The number of hydrogen-bond acceptors (Lipinski definition) is 2. The van der Waals surface area contributed by atoms with Gasteiger partial charge in [-0.05, 0) is 36.7 Å². The molecule has 0 aromatic heterocycles. The normalized spacial score (nSPS) is 24.8. The van der Waals surface area contributed by atoms with Gasteiger partial charge in [0.05, 0.1) is 0 Å². The van der Waals surface area contributed by atoms with Gasteiger partial charge in [0.15, 0.2) is 0 Å². The van der Waals surface area contributed by atoms with E-state index in [4.69, 9.17) is 0 Å². The van der Waals surface area contributed by atoms with Crippen molar-refractivity contribution in [2.75, 3.05) is 6.61 Å². The maximum atomic E-state index is 9.59.